The summed E-state index contributed by atoms with van der Waals surface area (Å²) in [5, 5.41) is 11.8. The van der Waals surface area contributed by atoms with Gasteiger partial charge in [-0.15, -0.1) is 0 Å². The third-order valence-electron chi connectivity index (χ3n) is 2.53. The highest BCUT2D eigenvalue weighted by atomic mass is 16.4. The number of hydrogen-bond donors (Lipinski definition) is 3. The van der Waals surface area contributed by atoms with Gasteiger partial charge in [0.1, 0.15) is 6.04 Å². The van der Waals surface area contributed by atoms with E-state index in [0.29, 0.717) is 13.0 Å². The van der Waals surface area contributed by atoms with Gasteiger partial charge in [-0.3, -0.25) is 4.79 Å². The van der Waals surface area contributed by atoms with Crippen LogP contribution in [0.5, 0.6) is 0 Å². The fraction of sp³-hybridized carbons (Fsp3) is 0.417. The van der Waals surface area contributed by atoms with Gasteiger partial charge in [0.15, 0.2) is 0 Å². The summed E-state index contributed by atoms with van der Waals surface area (Å²) in [5.41, 5.74) is 7.85. The number of aryl methyl sites for hydroxylation is 1. The second-order valence-corrected chi connectivity index (χ2v) is 3.84. The lowest BCUT2D eigenvalue weighted by Gasteiger charge is -2.09. The van der Waals surface area contributed by atoms with Gasteiger partial charge in [-0.05, 0) is 31.0 Å². The standard InChI is InChI=1S/C12H18N2O2/c1-9-4-2-3-5-10(9)8-14-7-6-11(13)12(15)16/h2-5,11,14H,6-8,13H2,1H3,(H,15,16). The van der Waals surface area contributed by atoms with Crippen LogP contribution in [-0.2, 0) is 11.3 Å². The SMILES string of the molecule is Cc1ccccc1CNCCC(N)C(=O)O. The molecule has 1 aromatic rings. The normalized spacial score (nSPS) is 12.4. The topological polar surface area (TPSA) is 75.3 Å². The minimum atomic E-state index is -0.947. The average Bonchev–Trinajstić information content (AvgIpc) is 2.26. The van der Waals surface area contributed by atoms with Gasteiger partial charge < -0.3 is 16.2 Å². The molecule has 88 valence electrons. The van der Waals surface area contributed by atoms with Crippen LogP contribution in [0, 0.1) is 6.92 Å². The van der Waals surface area contributed by atoms with Gasteiger partial charge in [-0.1, -0.05) is 24.3 Å². The summed E-state index contributed by atoms with van der Waals surface area (Å²) in [7, 11) is 0. The average molecular weight is 222 g/mol. The number of hydrogen-bond acceptors (Lipinski definition) is 3. The first-order valence-electron chi connectivity index (χ1n) is 5.35. The minimum absolute atomic E-state index is 0.446. The third kappa shape index (κ3) is 4.00. The molecule has 0 radical (unpaired) electrons. The first kappa shape index (κ1) is 12.7. The number of nitrogens with one attached hydrogen (secondary N) is 1. The molecule has 1 aromatic carbocycles. The fourth-order valence-corrected chi connectivity index (χ4v) is 1.41. The minimum Gasteiger partial charge on any atom is -0.480 e. The molecule has 0 aliphatic heterocycles. The Balaban J connectivity index is 2.26. The largest absolute Gasteiger partial charge is 0.480 e. The number of benzene rings is 1. The molecule has 4 N–H and O–H groups in total. The molecule has 0 bridgehead atoms. The predicted octanol–water partition coefficient (Wildman–Crippen LogP) is 0.887. The van der Waals surface area contributed by atoms with Crippen molar-refractivity contribution in [2.45, 2.75) is 25.9 Å². The molecule has 0 heterocycles. The number of nitrogens with two attached hydrogens (primary N) is 1. The van der Waals surface area contributed by atoms with Crippen LogP contribution in [0.15, 0.2) is 24.3 Å². The van der Waals surface area contributed by atoms with Crippen molar-refractivity contribution < 1.29 is 9.90 Å². The molecule has 0 aliphatic rings. The highest BCUT2D eigenvalue weighted by molar-refractivity contribution is 5.72. The molecule has 0 fully saturated rings. The maximum Gasteiger partial charge on any atom is 0.320 e. The van der Waals surface area contributed by atoms with E-state index in [4.69, 9.17) is 10.8 Å². The Hall–Kier alpha value is -1.39. The van der Waals surface area contributed by atoms with Crippen molar-refractivity contribution in [3.8, 4) is 0 Å². The maximum atomic E-state index is 10.5. The molecule has 0 saturated carbocycles. The lowest BCUT2D eigenvalue weighted by atomic mass is 10.1. The van der Waals surface area contributed by atoms with E-state index < -0.39 is 12.0 Å². The molecule has 0 aromatic heterocycles. The molecule has 16 heavy (non-hydrogen) atoms. The highest BCUT2D eigenvalue weighted by Gasteiger charge is 2.09. The first-order chi connectivity index (χ1) is 7.61. The van der Waals surface area contributed by atoms with E-state index in [0.717, 1.165) is 6.54 Å². The summed E-state index contributed by atoms with van der Waals surface area (Å²) in [6, 6.07) is 7.33. The van der Waals surface area contributed by atoms with Gasteiger partial charge in [0.2, 0.25) is 0 Å². The van der Waals surface area contributed by atoms with E-state index in [1.807, 2.05) is 12.1 Å². The zero-order valence-corrected chi connectivity index (χ0v) is 9.44. The maximum absolute atomic E-state index is 10.5. The molecule has 0 amide bonds. The van der Waals surface area contributed by atoms with Crippen LogP contribution in [0.4, 0.5) is 0 Å². The smallest absolute Gasteiger partial charge is 0.320 e. The van der Waals surface area contributed by atoms with Crippen molar-refractivity contribution in [1.29, 1.82) is 0 Å². The Morgan fingerprint density at radius 3 is 2.81 bits per heavy atom. The Morgan fingerprint density at radius 2 is 2.19 bits per heavy atom. The fourth-order valence-electron chi connectivity index (χ4n) is 1.41. The molecule has 0 saturated heterocycles. The number of rotatable bonds is 6. The molecule has 1 unspecified atom stereocenters. The van der Waals surface area contributed by atoms with E-state index in [2.05, 4.69) is 24.4 Å². The zero-order chi connectivity index (χ0) is 12.0. The molecular formula is C12H18N2O2. The van der Waals surface area contributed by atoms with Crippen LogP contribution in [0.2, 0.25) is 0 Å². The lowest BCUT2D eigenvalue weighted by Crippen LogP contribution is -2.33. The lowest BCUT2D eigenvalue weighted by molar-refractivity contribution is -0.138. The summed E-state index contributed by atoms with van der Waals surface area (Å²) in [4.78, 5) is 10.5. The van der Waals surface area contributed by atoms with Gasteiger partial charge in [0.25, 0.3) is 0 Å². The number of carboxylic acids is 1. The van der Waals surface area contributed by atoms with Crippen LogP contribution in [-0.4, -0.2) is 23.7 Å². The molecule has 1 atom stereocenters. The second-order valence-electron chi connectivity index (χ2n) is 3.84. The Morgan fingerprint density at radius 1 is 1.50 bits per heavy atom. The Kier molecular flexibility index (Phi) is 4.95. The molecule has 0 spiro atoms. The third-order valence-corrected chi connectivity index (χ3v) is 2.53. The van der Waals surface area contributed by atoms with Gasteiger partial charge >= 0.3 is 5.97 Å². The summed E-state index contributed by atoms with van der Waals surface area (Å²) in [5.74, 6) is -0.947. The molecule has 1 rings (SSSR count). The van der Waals surface area contributed by atoms with E-state index in [1.54, 1.807) is 0 Å². The zero-order valence-electron chi connectivity index (χ0n) is 9.44. The van der Waals surface area contributed by atoms with Crippen LogP contribution in [0.1, 0.15) is 17.5 Å². The van der Waals surface area contributed by atoms with Crippen LogP contribution in [0.25, 0.3) is 0 Å². The Bertz CT molecular complexity index is 353. The number of carbonyl (C=O) groups is 1. The van der Waals surface area contributed by atoms with Crippen molar-refractivity contribution in [3.05, 3.63) is 35.4 Å². The van der Waals surface area contributed by atoms with Gasteiger partial charge in [-0.2, -0.15) is 0 Å². The predicted molar refractivity (Wildman–Crippen MR) is 63.1 cm³/mol. The number of aliphatic carboxylic acids is 1. The molecule has 4 nitrogen and oxygen atoms in total. The summed E-state index contributed by atoms with van der Waals surface area (Å²) >= 11 is 0. The van der Waals surface area contributed by atoms with Gasteiger partial charge in [0.05, 0.1) is 0 Å². The Labute approximate surface area is 95.5 Å². The van der Waals surface area contributed by atoms with Crippen molar-refractivity contribution >= 4 is 5.97 Å². The van der Waals surface area contributed by atoms with Crippen LogP contribution in [0.3, 0.4) is 0 Å². The number of carboxylic acid groups (broad SMARTS) is 1. The van der Waals surface area contributed by atoms with E-state index in [9.17, 15) is 4.79 Å². The van der Waals surface area contributed by atoms with E-state index in [-0.39, 0.29) is 0 Å². The summed E-state index contributed by atoms with van der Waals surface area (Å²) < 4.78 is 0. The monoisotopic (exact) mass is 222 g/mol. The second kappa shape index (κ2) is 6.25. The first-order valence-corrected chi connectivity index (χ1v) is 5.35. The molecule has 0 aliphatic carbocycles. The van der Waals surface area contributed by atoms with Gasteiger partial charge in [0, 0.05) is 6.54 Å². The van der Waals surface area contributed by atoms with Gasteiger partial charge in [-0.25, -0.2) is 0 Å². The van der Waals surface area contributed by atoms with Crippen LogP contribution < -0.4 is 11.1 Å². The highest BCUT2D eigenvalue weighted by Crippen LogP contribution is 2.05. The van der Waals surface area contributed by atoms with Crippen molar-refractivity contribution in [2.24, 2.45) is 5.73 Å². The summed E-state index contributed by atoms with van der Waals surface area (Å²) in [6.45, 7) is 3.42. The quantitative estimate of drug-likeness (QED) is 0.625. The molecular weight excluding hydrogens is 204 g/mol. The molecule has 4 heteroatoms. The van der Waals surface area contributed by atoms with E-state index in [1.165, 1.54) is 11.1 Å². The van der Waals surface area contributed by atoms with Crippen molar-refractivity contribution in [3.63, 3.8) is 0 Å². The van der Waals surface area contributed by atoms with Crippen molar-refractivity contribution in [1.82, 2.24) is 5.32 Å². The van der Waals surface area contributed by atoms with Crippen LogP contribution >= 0.6 is 0 Å². The summed E-state index contributed by atoms with van der Waals surface area (Å²) in [6.07, 6.45) is 0.446. The van der Waals surface area contributed by atoms with Crippen molar-refractivity contribution in [2.75, 3.05) is 6.54 Å². The van der Waals surface area contributed by atoms with E-state index >= 15 is 0 Å².